The van der Waals surface area contributed by atoms with Gasteiger partial charge in [-0.1, -0.05) is 12.1 Å². The van der Waals surface area contributed by atoms with Gasteiger partial charge in [0, 0.05) is 61.1 Å². The molecule has 3 aromatic rings. The van der Waals surface area contributed by atoms with Crippen LogP contribution in [0.5, 0.6) is 0 Å². The third kappa shape index (κ3) is 7.05. The molecule has 1 saturated heterocycles. The van der Waals surface area contributed by atoms with Gasteiger partial charge in [0.2, 0.25) is 0 Å². The number of aromatic nitrogens is 1. The molecule has 2 aromatic carbocycles. The first-order chi connectivity index (χ1) is 17.8. The van der Waals surface area contributed by atoms with Crippen LogP contribution in [-0.2, 0) is 6.54 Å². The van der Waals surface area contributed by atoms with E-state index in [1.807, 2.05) is 18.2 Å². The van der Waals surface area contributed by atoms with Crippen molar-refractivity contribution < 1.29 is 18.8 Å². The summed E-state index contributed by atoms with van der Waals surface area (Å²) in [7, 11) is 0. The molecule has 2 N–H and O–H groups in total. The summed E-state index contributed by atoms with van der Waals surface area (Å²) < 4.78 is 14.6. The molecule has 1 aliphatic rings. The monoisotopic (exact) mass is 522 g/mol. The third-order valence-corrected chi connectivity index (χ3v) is 6.37. The van der Waals surface area contributed by atoms with Crippen molar-refractivity contribution in [2.45, 2.75) is 20.4 Å². The maximum atomic E-state index is 14.6. The van der Waals surface area contributed by atoms with Crippen LogP contribution in [-0.4, -0.2) is 64.5 Å². The van der Waals surface area contributed by atoms with E-state index >= 15 is 0 Å². The van der Waals surface area contributed by atoms with Crippen molar-refractivity contribution in [1.29, 1.82) is 0 Å². The summed E-state index contributed by atoms with van der Waals surface area (Å²) in [6.07, 6.45) is 1.55. The van der Waals surface area contributed by atoms with Gasteiger partial charge in [-0.25, -0.2) is 19.2 Å². The lowest BCUT2D eigenvalue weighted by molar-refractivity contribution is 0.0627. The summed E-state index contributed by atoms with van der Waals surface area (Å²) in [5, 5.41) is 7.04. The quantitative estimate of drug-likeness (QED) is 0.464. The zero-order valence-corrected chi connectivity index (χ0v) is 21.3. The number of anilines is 2. The molecule has 0 atom stereocenters. The van der Waals surface area contributed by atoms with Gasteiger partial charge in [-0.3, -0.25) is 19.8 Å². The number of nitrogens with one attached hydrogen (secondary N) is 2. The number of urea groups is 1. The van der Waals surface area contributed by atoms with Gasteiger partial charge in [0.1, 0.15) is 5.82 Å². The molecule has 2 heterocycles. The highest BCUT2D eigenvalue weighted by Crippen LogP contribution is 2.19. The summed E-state index contributed by atoms with van der Waals surface area (Å²) in [4.78, 5) is 49.0. The molecular formula is C26H27FN6O3S. The van der Waals surface area contributed by atoms with Crippen LogP contribution in [0.4, 0.5) is 20.0 Å². The molecule has 192 valence electrons. The number of piperazine rings is 1. The lowest BCUT2D eigenvalue weighted by Gasteiger charge is -2.35. The van der Waals surface area contributed by atoms with Crippen molar-refractivity contribution in [2.24, 2.45) is 4.99 Å². The molecule has 1 fully saturated rings. The molecule has 37 heavy (non-hydrogen) atoms. The Morgan fingerprint density at radius 2 is 1.81 bits per heavy atom. The van der Waals surface area contributed by atoms with E-state index in [4.69, 9.17) is 0 Å². The number of aliphatic imine (C=N–C) groups is 1. The van der Waals surface area contributed by atoms with E-state index < -0.39 is 11.8 Å². The number of rotatable bonds is 6. The third-order valence-electron chi connectivity index (χ3n) is 5.68. The molecule has 0 bridgehead atoms. The van der Waals surface area contributed by atoms with E-state index in [2.05, 4.69) is 25.5 Å². The predicted octanol–water partition coefficient (Wildman–Crippen LogP) is 4.51. The Hall–Kier alpha value is -3.96. The number of nitrogens with zero attached hydrogens (tertiary/aromatic N) is 4. The molecular weight excluding hydrogens is 495 g/mol. The Morgan fingerprint density at radius 1 is 1.03 bits per heavy atom. The van der Waals surface area contributed by atoms with Gasteiger partial charge in [-0.05, 0) is 49.7 Å². The van der Waals surface area contributed by atoms with Crippen molar-refractivity contribution in [1.82, 2.24) is 14.8 Å². The van der Waals surface area contributed by atoms with Crippen LogP contribution >= 0.6 is 11.3 Å². The molecule has 4 amide bonds. The fourth-order valence-corrected chi connectivity index (χ4v) is 4.43. The summed E-state index contributed by atoms with van der Waals surface area (Å²) in [5.74, 6) is -1.22. The maximum absolute atomic E-state index is 14.6. The standard InChI is InChI=1S/C26H27FN6O3S/c1-17(2)29-23(34)19-5-3-4-18(14-19)16-32-9-11-33(12-10-32)24(35)20-6-7-22(21(27)15-20)30-25(36)31-26-28-8-13-37-26/h3-8,13-15H,9-12,16H2,1-2H3,(H2,28,30,31,36). The van der Waals surface area contributed by atoms with Gasteiger partial charge in [0.05, 0.1) is 5.69 Å². The first kappa shape index (κ1) is 26.1. The van der Waals surface area contributed by atoms with E-state index in [1.165, 1.54) is 23.5 Å². The number of amides is 4. The molecule has 1 aliphatic heterocycles. The largest absolute Gasteiger partial charge is 0.336 e. The number of carbonyl (C=O) groups excluding carboxylic acids is 3. The lowest BCUT2D eigenvalue weighted by Crippen LogP contribution is -2.48. The van der Waals surface area contributed by atoms with E-state index in [-0.39, 0.29) is 23.1 Å². The molecule has 4 rings (SSSR count). The average molecular weight is 523 g/mol. The highest BCUT2D eigenvalue weighted by molar-refractivity contribution is 7.13. The smallest absolute Gasteiger partial charge is 0.325 e. The normalized spacial score (nSPS) is 13.6. The zero-order valence-electron chi connectivity index (χ0n) is 20.5. The van der Waals surface area contributed by atoms with Crippen LogP contribution in [0.3, 0.4) is 0 Å². The number of benzene rings is 2. The van der Waals surface area contributed by atoms with Crippen molar-refractivity contribution in [3.63, 3.8) is 0 Å². The molecule has 9 nitrogen and oxygen atoms in total. The van der Waals surface area contributed by atoms with Gasteiger partial charge in [-0.2, -0.15) is 0 Å². The van der Waals surface area contributed by atoms with Gasteiger partial charge in [-0.15, -0.1) is 11.3 Å². The average Bonchev–Trinajstić information content (AvgIpc) is 3.38. The Kier molecular flexibility index (Phi) is 8.36. The maximum Gasteiger partial charge on any atom is 0.325 e. The molecule has 0 radical (unpaired) electrons. The minimum Gasteiger partial charge on any atom is -0.336 e. The van der Waals surface area contributed by atoms with Crippen molar-refractivity contribution in [3.05, 3.63) is 76.5 Å². The molecule has 0 spiro atoms. The van der Waals surface area contributed by atoms with E-state index in [1.54, 1.807) is 36.4 Å². The number of hydrogen-bond acceptors (Lipinski definition) is 6. The molecule has 11 heteroatoms. The fourth-order valence-electron chi connectivity index (χ4n) is 3.91. The number of carbonyl (C=O) groups is 3. The highest BCUT2D eigenvalue weighted by Gasteiger charge is 2.23. The molecule has 0 saturated carbocycles. The van der Waals surface area contributed by atoms with Crippen LogP contribution in [0.25, 0.3) is 0 Å². The lowest BCUT2D eigenvalue weighted by atomic mass is 10.1. The second-order valence-corrected chi connectivity index (χ2v) is 9.64. The Morgan fingerprint density at radius 3 is 2.49 bits per heavy atom. The van der Waals surface area contributed by atoms with Crippen LogP contribution in [0.2, 0.25) is 0 Å². The van der Waals surface area contributed by atoms with Crippen LogP contribution in [0, 0.1) is 5.82 Å². The van der Waals surface area contributed by atoms with Crippen LogP contribution in [0.1, 0.15) is 40.1 Å². The minimum absolute atomic E-state index is 0.0316. The zero-order chi connectivity index (χ0) is 26.4. The van der Waals surface area contributed by atoms with Crippen molar-refractivity contribution in [3.8, 4) is 0 Å². The van der Waals surface area contributed by atoms with Gasteiger partial charge < -0.3 is 10.2 Å². The summed E-state index contributed by atoms with van der Waals surface area (Å²) in [6.45, 7) is 6.50. The molecule has 1 aromatic heterocycles. The van der Waals surface area contributed by atoms with Crippen LogP contribution < -0.4 is 10.6 Å². The van der Waals surface area contributed by atoms with Gasteiger partial charge in [0.25, 0.3) is 11.8 Å². The van der Waals surface area contributed by atoms with Gasteiger partial charge >= 0.3 is 6.03 Å². The molecule has 0 unspecified atom stereocenters. The second kappa shape index (κ2) is 11.8. The topological polar surface area (TPSA) is 107 Å². The van der Waals surface area contributed by atoms with Crippen molar-refractivity contribution in [2.75, 3.05) is 36.8 Å². The minimum atomic E-state index is -0.698. The summed E-state index contributed by atoms with van der Waals surface area (Å²) >= 11 is 1.24. The Balaban J connectivity index is 1.30. The second-order valence-electron chi connectivity index (χ2n) is 8.74. The number of thiazole rings is 1. The SMILES string of the molecule is CC(C)=NC(=O)c1cccc(CN2CCN(C(=O)c3ccc(NC(=O)Nc4nccs4)c(F)c3)CC2)c1. The van der Waals surface area contributed by atoms with E-state index in [0.29, 0.717) is 49.1 Å². The highest BCUT2D eigenvalue weighted by atomic mass is 32.1. The Labute approximate surface area is 218 Å². The number of halogens is 1. The fraction of sp³-hybridized carbons (Fsp3) is 0.269. The Bertz CT molecular complexity index is 1320. The summed E-state index contributed by atoms with van der Waals surface area (Å²) in [5.41, 5.74) is 2.44. The first-order valence-corrected chi connectivity index (χ1v) is 12.6. The van der Waals surface area contributed by atoms with Crippen LogP contribution in [0.15, 0.2) is 59.0 Å². The van der Waals surface area contributed by atoms with E-state index in [9.17, 15) is 18.8 Å². The predicted molar refractivity (Wildman–Crippen MR) is 142 cm³/mol. The number of hydrogen-bond donors (Lipinski definition) is 2. The first-order valence-electron chi connectivity index (χ1n) is 11.7. The van der Waals surface area contributed by atoms with Gasteiger partial charge in [0.15, 0.2) is 5.13 Å². The van der Waals surface area contributed by atoms with E-state index in [0.717, 1.165) is 11.6 Å². The van der Waals surface area contributed by atoms with Crippen molar-refractivity contribution >= 4 is 45.7 Å². The molecule has 0 aliphatic carbocycles. The summed E-state index contributed by atoms with van der Waals surface area (Å²) in [6, 6.07) is 10.8.